The van der Waals surface area contributed by atoms with Gasteiger partial charge in [-0.15, -0.1) is 0 Å². The Bertz CT molecular complexity index is 1310. The molecular formula is C26H27FN2O6S. The second-order valence-electron chi connectivity index (χ2n) is 8.10. The van der Waals surface area contributed by atoms with Gasteiger partial charge in [0.1, 0.15) is 31.3 Å². The molecule has 1 aliphatic rings. The van der Waals surface area contributed by atoms with Gasteiger partial charge in [0.15, 0.2) is 11.5 Å². The van der Waals surface area contributed by atoms with Crippen LogP contribution in [0.3, 0.4) is 0 Å². The highest BCUT2D eigenvalue weighted by Gasteiger charge is 2.29. The van der Waals surface area contributed by atoms with Crippen molar-refractivity contribution in [3.63, 3.8) is 0 Å². The maximum absolute atomic E-state index is 13.7. The van der Waals surface area contributed by atoms with Crippen molar-refractivity contribution in [2.45, 2.75) is 24.3 Å². The molecule has 3 aromatic carbocycles. The molecule has 0 radical (unpaired) electrons. The molecule has 3 aromatic rings. The summed E-state index contributed by atoms with van der Waals surface area (Å²) in [6, 6.07) is 16.1. The minimum atomic E-state index is -4.21. The highest BCUT2D eigenvalue weighted by atomic mass is 32.2. The highest BCUT2D eigenvalue weighted by Crippen LogP contribution is 2.34. The molecule has 0 aromatic heterocycles. The summed E-state index contributed by atoms with van der Waals surface area (Å²) in [6.45, 7) is 2.08. The number of hydrogen-bond acceptors (Lipinski definition) is 6. The summed E-state index contributed by atoms with van der Waals surface area (Å²) in [5.41, 5.74) is 1.01. The molecule has 1 aliphatic heterocycles. The van der Waals surface area contributed by atoms with Crippen molar-refractivity contribution >= 4 is 21.6 Å². The van der Waals surface area contributed by atoms with E-state index in [0.717, 1.165) is 22.0 Å². The summed E-state index contributed by atoms with van der Waals surface area (Å²) in [6.07, 6.45) is 0.587. The van der Waals surface area contributed by atoms with Crippen LogP contribution in [0.4, 0.5) is 10.1 Å². The number of rotatable bonds is 9. The average molecular weight is 515 g/mol. The van der Waals surface area contributed by atoms with Gasteiger partial charge in [0.2, 0.25) is 5.91 Å². The van der Waals surface area contributed by atoms with Gasteiger partial charge in [0.25, 0.3) is 10.0 Å². The highest BCUT2D eigenvalue weighted by molar-refractivity contribution is 7.92. The molecule has 1 amide bonds. The smallest absolute Gasteiger partial charge is 0.264 e. The molecule has 0 aliphatic carbocycles. The molecular weight excluding hydrogens is 487 g/mol. The Morgan fingerprint density at radius 2 is 1.69 bits per heavy atom. The van der Waals surface area contributed by atoms with Crippen LogP contribution in [-0.4, -0.2) is 41.2 Å². The van der Waals surface area contributed by atoms with Crippen LogP contribution in [0.25, 0.3) is 0 Å². The van der Waals surface area contributed by atoms with Crippen molar-refractivity contribution in [2.24, 2.45) is 0 Å². The zero-order valence-electron chi connectivity index (χ0n) is 19.9. The number of ether oxygens (including phenoxy) is 3. The Labute approximate surface area is 209 Å². The molecule has 0 bridgehead atoms. The van der Waals surface area contributed by atoms with Crippen LogP contribution >= 0.6 is 0 Å². The van der Waals surface area contributed by atoms with Gasteiger partial charge < -0.3 is 19.5 Å². The summed E-state index contributed by atoms with van der Waals surface area (Å²) in [7, 11) is -2.64. The topological polar surface area (TPSA) is 94.2 Å². The van der Waals surface area contributed by atoms with Crippen molar-refractivity contribution in [3.8, 4) is 17.2 Å². The van der Waals surface area contributed by atoms with Crippen LogP contribution in [0.5, 0.6) is 17.2 Å². The molecule has 1 N–H and O–H groups in total. The maximum atomic E-state index is 13.7. The van der Waals surface area contributed by atoms with Crippen LogP contribution in [0.2, 0.25) is 0 Å². The van der Waals surface area contributed by atoms with Crippen molar-refractivity contribution < 1.29 is 31.8 Å². The Morgan fingerprint density at radius 1 is 1.03 bits per heavy atom. The molecule has 8 nitrogen and oxygen atoms in total. The summed E-state index contributed by atoms with van der Waals surface area (Å²) in [5, 5.41) is 2.90. The minimum absolute atomic E-state index is 0.0777. The number of nitrogens with zero attached hydrogens (tertiary/aromatic N) is 1. The normalized spacial score (nSPS) is 13.5. The third-order valence-corrected chi connectivity index (χ3v) is 7.53. The quantitative estimate of drug-likeness (QED) is 0.463. The first-order chi connectivity index (χ1) is 17.3. The lowest BCUT2D eigenvalue weighted by atomic mass is 10.0. The number of carbonyl (C=O) groups is 1. The number of nitrogens with one attached hydrogen (secondary N) is 1. The number of amides is 1. The van der Waals surface area contributed by atoms with Gasteiger partial charge in [-0.3, -0.25) is 9.10 Å². The van der Waals surface area contributed by atoms with Crippen molar-refractivity contribution in [1.29, 1.82) is 0 Å². The van der Waals surface area contributed by atoms with E-state index >= 15 is 0 Å². The standard InChI is InChI=1S/C26H27FN2O6S/c1-3-23(18-4-10-21(33-2)11-5-18)28-26(30)17-29(20-8-6-19(27)7-9-20)36(31,32)22-12-13-24-25(16-22)35-15-14-34-24/h4-13,16,23H,3,14-15,17H2,1-2H3,(H,28,30). The van der Waals surface area contributed by atoms with E-state index < -0.39 is 28.3 Å². The van der Waals surface area contributed by atoms with E-state index in [2.05, 4.69) is 5.32 Å². The van der Waals surface area contributed by atoms with Gasteiger partial charge >= 0.3 is 0 Å². The first-order valence-corrected chi connectivity index (χ1v) is 12.9. The number of methoxy groups -OCH3 is 1. The van der Waals surface area contributed by atoms with Crippen molar-refractivity contribution in [1.82, 2.24) is 5.32 Å². The summed E-state index contributed by atoms with van der Waals surface area (Å²) in [5.74, 6) is 0.398. The van der Waals surface area contributed by atoms with Crippen molar-refractivity contribution in [2.75, 3.05) is 31.2 Å². The predicted octanol–water partition coefficient (Wildman–Crippen LogP) is 4.07. The maximum Gasteiger partial charge on any atom is 0.264 e. The number of carbonyl (C=O) groups excluding carboxylic acids is 1. The van der Waals surface area contributed by atoms with E-state index in [1.165, 1.54) is 30.3 Å². The second kappa shape index (κ2) is 10.9. The number of anilines is 1. The van der Waals surface area contributed by atoms with Gasteiger partial charge in [-0.05, 0) is 60.5 Å². The third kappa shape index (κ3) is 5.54. The number of hydrogen-bond donors (Lipinski definition) is 1. The molecule has 1 heterocycles. The zero-order chi connectivity index (χ0) is 25.7. The SMILES string of the molecule is CCC(NC(=O)CN(c1ccc(F)cc1)S(=O)(=O)c1ccc2c(c1)OCCO2)c1ccc(OC)cc1. The fraction of sp³-hybridized carbons (Fsp3) is 0.269. The number of sulfonamides is 1. The summed E-state index contributed by atoms with van der Waals surface area (Å²) >= 11 is 0. The monoisotopic (exact) mass is 514 g/mol. The van der Waals surface area contributed by atoms with E-state index in [9.17, 15) is 17.6 Å². The van der Waals surface area contributed by atoms with Gasteiger partial charge in [0, 0.05) is 6.07 Å². The van der Waals surface area contributed by atoms with Crippen LogP contribution in [0, 0.1) is 5.82 Å². The molecule has 10 heteroatoms. The zero-order valence-corrected chi connectivity index (χ0v) is 20.8. The van der Waals surface area contributed by atoms with E-state index in [1.54, 1.807) is 19.2 Å². The summed E-state index contributed by atoms with van der Waals surface area (Å²) < 4.78 is 58.1. The van der Waals surface area contributed by atoms with Crippen LogP contribution < -0.4 is 23.8 Å². The first-order valence-electron chi connectivity index (χ1n) is 11.4. The fourth-order valence-electron chi connectivity index (χ4n) is 3.86. The lowest BCUT2D eigenvalue weighted by Gasteiger charge is -2.26. The molecule has 0 spiro atoms. The molecule has 0 saturated heterocycles. The minimum Gasteiger partial charge on any atom is -0.497 e. The number of benzene rings is 3. The summed E-state index contributed by atoms with van der Waals surface area (Å²) in [4.78, 5) is 13.0. The predicted molar refractivity (Wildman–Crippen MR) is 133 cm³/mol. The molecule has 190 valence electrons. The van der Waals surface area contributed by atoms with Gasteiger partial charge in [-0.2, -0.15) is 0 Å². The van der Waals surface area contributed by atoms with Gasteiger partial charge in [-0.1, -0.05) is 19.1 Å². The Morgan fingerprint density at radius 3 is 2.33 bits per heavy atom. The third-order valence-electron chi connectivity index (χ3n) is 5.77. The van der Waals surface area contributed by atoms with E-state index in [-0.39, 0.29) is 16.6 Å². The van der Waals surface area contributed by atoms with E-state index in [1.807, 2.05) is 19.1 Å². The lowest BCUT2D eigenvalue weighted by molar-refractivity contribution is -0.120. The molecule has 4 rings (SSSR count). The van der Waals surface area contributed by atoms with Crippen LogP contribution in [0.1, 0.15) is 24.9 Å². The average Bonchev–Trinajstić information content (AvgIpc) is 2.90. The fourth-order valence-corrected chi connectivity index (χ4v) is 5.30. The molecule has 0 fully saturated rings. The molecule has 0 saturated carbocycles. The van der Waals surface area contributed by atoms with Gasteiger partial charge in [0.05, 0.1) is 23.7 Å². The Hall–Kier alpha value is -3.79. The molecule has 1 atom stereocenters. The molecule has 1 unspecified atom stereocenters. The van der Waals surface area contributed by atoms with Gasteiger partial charge in [-0.25, -0.2) is 12.8 Å². The molecule has 36 heavy (non-hydrogen) atoms. The first kappa shape index (κ1) is 25.3. The number of halogens is 1. The largest absolute Gasteiger partial charge is 0.497 e. The van der Waals surface area contributed by atoms with E-state index in [4.69, 9.17) is 14.2 Å². The van der Waals surface area contributed by atoms with Crippen LogP contribution in [-0.2, 0) is 14.8 Å². The second-order valence-corrected chi connectivity index (χ2v) is 9.96. The van der Waals surface area contributed by atoms with Crippen molar-refractivity contribution in [3.05, 3.63) is 78.1 Å². The van der Waals surface area contributed by atoms with E-state index in [0.29, 0.717) is 36.9 Å². The van der Waals surface area contributed by atoms with Crippen LogP contribution in [0.15, 0.2) is 71.6 Å². The Balaban J connectivity index is 1.62. The lowest BCUT2D eigenvalue weighted by Crippen LogP contribution is -2.42. The number of fused-ring (bicyclic) bond motifs is 1. The Kier molecular flexibility index (Phi) is 7.64.